The predicted molar refractivity (Wildman–Crippen MR) is 60.5 cm³/mol. The number of hydrogen-bond donors (Lipinski definition) is 1. The molecule has 0 aliphatic heterocycles. The molecule has 82 valence electrons. The van der Waals surface area contributed by atoms with Crippen molar-refractivity contribution in [3.63, 3.8) is 0 Å². The second kappa shape index (κ2) is 7.02. The summed E-state index contributed by atoms with van der Waals surface area (Å²) >= 11 is 0. The topological polar surface area (TPSA) is 21.3 Å². The lowest BCUT2D eigenvalue weighted by atomic mass is 9.92. The van der Waals surface area contributed by atoms with Gasteiger partial charge in [0, 0.05) is 12.6 Å². The van der Waals surface area contributed by atoms with Crippen LogP contribution in [0, 0.1) is 0 Å². The number of unbranched alkanes of at least 4 members (excludes halogenated alkanes) is 1. The Morgan fingerprint density at radius 1 is 1.43 bits per heavy atom. The molecular weight excluding hydrogens is 174 g/mol. The lowest BCUT2D eigenvalue weighted by Gasteiger charge is -2.31. The third-order valence-corrected chi connectivity index (χ3v) is 2.96. The van der Waals surface area contributed by atoms with Crippen LogP contribution in [0.4, 0.5) is 0 Å². The molecule has 2 unspecified atom stereocenters. The van der Waals surface area contributed by atoms with Gasteiger partial charge in [0.1, 0.15) is 0 Å². The minimum Gasteiger partial charge on any atom is -0.377 e. The van der Waals surface area contributed by atoms with Crippen molar-refractivity contribution < 1.29 is 4.74 Å². The van der Waals surface area contributed by atoms with Gasteiger partial charge in [-0.25, -0.2) is 0 Å². The SMILES string of the molecule is C=CCCCOC1CCCCC1NC. The van der Waals surface area contributed by atoms with Crippen LogP contribution in [0.25, 0.3) is 0 Å². The Hall–Kier alpha value is -0.340. The summed E-state index contributed by atoms with van der Waals surface area (Å²) < 4.78 is 5.88. The van der Waals surface area contributed by atoms with Crippen molar-refractivity contribution in [2.75, 3.05) is 13.7 Å². The summed E-state index contributed by atoms with van der Waals surface area (Å²) in [6.07, 6.45) is 9.73. The van der Waals surface area contributed by atoms with Crippen LogP contribution < -0.4 is 5.32 Å². The fourth-order valence-electron chi connectivity index (χ4n) is 2.09. The molecule has 2 atom stereocenters. The fraction of sp³-hybridized carbons (Fsp3) is 0.833. The first-order chi connectivity index (χ1) is 6.88. The van der Waals surface area contributed by atoms with Crippen molar-refractivity contribution in [2.24, 2.45) is 0 Å². The Morgan fingerprint density at radius 3 is 2.93 bits per heavy atom. The van der Waals surface area contributed by atoms with Crippen molar-refractivity contribution in [2.45, 2.75) is 50.7 Å². The van der Waals surface area contributed by atoms with Crippen molar-refractivity contribution in [3.05, 3.63) is 12.7 Å². The van der Waals surface area contributed by atoms with Crippen LogP contribution in [0.1, 0.15) is 38.5 Å². The molecule has 0 heterocycles. The molecule has 2 heteroatoms. The van der Waals surface area contributed by atoms with Crippen LogP contribution in [0.5, 0.6) is 0 Å². The van der Waals surface area contributed by atoms with Gasteiger partial charge in [0.25, 0.3) is 0 Å². The van der Waals surface area contributed by atoms with Gasteiger partial charge >= 0.3 is 0 Å². The van der Waals surface area contributed by atoms with Crippen molar-refractivity contribution in [1.29, 1.82) is 0 Å². The van der Waals surface area contributed by atoms with Gasteiger partial charge < -0.3 is 10.1 Å². The van der Waals surface area contributed by atoms with Crippen LogP contribution in [0.15, 0.2) is 12.7 Å². The van der Waals surface area contributed by atoms with E-state index in [1.165, 1.54) is 25.7 Å². The summed E-state index contributed by atoms with van der Waals surface area (Å²) in [5.74, 6) is 0. The third kappa shape index (κ3) is 3.81. The lowest BCUT2D eigenvalue weighted by molar-refractivity contribution is 0.00637. The van der Waals surface area contributed by atoms with Gasteiger partial charge in [0.2, 0.25) is 0 Å². The van der Waals surface area contributed by atoms with Crippen molar-refractivity contribution in [3.8, 4) is 0 Å². The zero-order valence-corrected chi connectivity index (χ0v) is 9.30. The largest absolute Gasteiger partial charge is 0.377 e. The normalized spacial score (nSPS) is 27.5. The molecule has 0 amide bonds. The zero-order valence-electron chi connectivity index (χ0n) is 9.30. The Morgan fingerprint density at radius 2 is 2.21 bits per heavy atom. The van der Waals surface area contributed by atoms with Crippen LogP contribution in [0.2, 0.25) is 0 Å². The molecule has 0 bridgehead atoms. The molecule has 0 aromatic rings. The second-order valence-electron chi connectivity index (χ2n) is 4.02. The molecule has 1 fully saturated rings. The predicted octanol–water partition coefficient (Wildman–Crippen LogP) is 2.50. The maximum Gasteiger partial charge on any atom is 0.0727 e. The Kier molecular flexibility index (Phi) is 5.88. The zero-order chi connectivity index (χ0) is 10.2. The van der Waals surface area contributed by atoms with E-state index in [1.807, 2.05) is 13.1 Å². The molecule has 1 rings (SSSR count). The van der Waals surface area contributed by atoms with E-state index in [2.05, 4.69) is 11.9 Å². The van der Waals surface area contributed by atoms with Gasteiger partial charge in [0.15, 0.2) is 0 Å². The summed E-state index contributed by atoms with van der Waals surface area (Å²) in [6.45, 7) is 4.59. The smallest absolute Gasteiger partial charge is 0.0727 e. The van der Waals surface area contributed by atoms with E-state index in [-0.39, 0.29) is 0 Å². The number of ether oxygens (including phenoxy) is 1. The molecule has 0 radical (unpaired) electrons. The molecule has 1 N–H and O–H groups in total. The van der Waals surface area contributed by atoms with E-state index in [1.54, 1.807) is 0 Å². The van der Waals surface area contributed by atoms with E-state index in [0.29, 0.717) is 12.1 Å². The summed E-state index contributed by atoms with van der Waals surface area (Å²) in [5.41, 5.74) is 0. The molecule has 0 aromatic carbocycles. The maximum atomic E-state index is 5.88. The van der Waals surface area contributed by atoms with Gasteiger partial charge in [-0.1, -0.05) is 18.9 Å². The van der Waals surface area contributed by atoms with Gasteiger partial charge in [-0.15, -0.1) is 6.58 Å². The molecule has 1 aliphatic carbocycles. The monoisotopic (exact) mass is 197 g/mol. The quantitative estimate of drug-likeness (QED) is 0.522. The maximum absolute atomic E-state index is 5.88. The number of hydrogen-bond acceptors (Lipinski definition) is 2. The summed E-state index contributed by atoms with van der Waals surface area (Å²) in [7, 11) is 2.04. The van der Waals surface area contributed by atoms with Gasteiger partial charge in [-0.3, -0.25) is 0 Å². The van der Waals surface area contributed by atoms with E-state index < -0.39 is 0 Å². The highest BCUT2D eigenvalue weighted by Crippen LogP contribution is 2.21. The standard InChI is InChI=1S/C12H23NO/c1-3-4-7-10-14-12-9-6-5-8-11(12)13-2/h3,11-13H,1,4-10H2,2H3. The summed E-state index contributed by atoms with van der Waals surface area (Å²) in [4.78, 5) is 0. The molecule has 0 aromatic heterocycles. The Labute approximate surface area is 87.7 Å². The molecule has 0 saturated heterocycles. The van der Waals surface area contributed by atoms with E-state index in [0.717, 1.165) is 19.4 Å². The summed E-state index contributed by atoms with van der Waals surface area (Å²) in [6, 6.07) is 0.576. The van der Waals surface area contributed by atoms with E-state index in [9.17, 15) is 0 Å². The Bertz CT molecular complexity index is 158. The number of likely N-dealkylation sites (N-methyl/N-ethyl adjacent to an activating group) is 1. The van der Waals surface area contributed by atoms with Gasteiger partial charge in [-0.05, 0) is 32.7 Å². The van der Waals surface area contributed by atoms with E-state index in [4.69, 9.17) is 4.74 Å². The highest BCUT2D eigenvalue weighted by atomic mass is 16.5. The first kappa shape index (κ1) is 11.7. The lowest BCUT2D eigenvalue weighted by Crippen LogP contribution is -2.41. The third-order valence-electron chi connectivity index (χ3n) is 2.96. The number of nitrogens with one attached hydrogen (secondary N) is 1. The van der Waals surface area contributed by atoms with Gasteiger partial charge in [0.05, 0.1) is 6.10 Å². The first-order valence-corrected chi connectivity index (χ1v) is 5.78. The average molecular weight is 197 g/mol. The minimum absolute atomic E-state index is 0.443. The summed E-state index contributed by atoms with van der Waals surface area (Å²) in [5, 5.41) is 3.35. The Balaban J connectivity index is 2.16. The van der Waals surface area contributed by atoms with Crippen LogP contribution >= 0.6 is 0 Å². The highest BCUT2D eigenvalue weighted by Gasteiger charge is 2.23. The van der Waals surface area contributed by atoms with Crippen LogP contribution in [-0.2, 0) is 4.74 Å². The molecular formula is C12H23NO. The molecule has 14 heavy (non-hydrogen) atoms. The molecule has 1 aliphatic rings. The van der Waals surface area contributed by atoms with Crippen molar-refractivity contribution >= 4 is 0 Å². The van der Waals surface area contributed by atoms with Crippen LogP contribution in [0.3, 0.4) is 0 Å². The highest BCUT2D eigenvalue weighted by molar-refractivity contribution is 4.80. The number of allylic oxidation sites excluding steroid dienone is 1. The van der Waals surface area contributed by atoms with Crippen LogP contribution in [-0.4, -0.2) is 25.8 Å². The molecule has 2 nitrogen and oxygen atoms in total. The fourth-order valence-corrected chi connectivity index (χ4v) is 2.09. The van der Waals surface area contributed by atoms with E-state index >= 15 is 0 Å². The number of rotatable bonds is 6. The van der Waals surface area contributed by atoms with Crippen molar-refractivity contribution in [1.82, 2.24) is 5.32 Å². The average Bonchev–Trinajstić information content (AvgIpc) is 2.25. The first-order valence-electron chi connectivity index (χ1n) is 5.78. The van der Waals surface area contributed by atoms with Gasteiger partial charge in [-0.2, -0.15) is 0 Å². The molecule has 1 saturated carbocycles. The second-order valence-corrected chi connectivity index (χ2v) is 4.02. The minimum atomic E-state index is 0.443. The molecule has 0 spiro atoms.